The van der Waals surface area contributed by atoms with E-state index in [1.807, 2.05) is 11.8 Å². The minimum absolute atomic E-state index is 0.226. The molecule has 0 radical (unpaired) electrons. The Balaban J connectivity index is 2.45. The first-order chi connectivity index (χ1) is 6.69. The van der Waals surface area contributed by atoms with Crippen molar-refractivity contribution in [2.45, 2.75) is 39.2 Å². The Morgan fingerprint density at radius 2 is 2.29 bits per heavy atom. The first kappa shape index (κ1) is 11.5. The van der Waals surface area contributed by atoms with Gasteiger partial charge in [0.1, 0.15) is 0 Å². The summed E-state index contributed by atoms with van der Waals surface area (Å²) in [5.41, 5.74) is 0. The Bertz CT molecular complexity index is 194. The molecule has 0 bridgehead atoms. The van der Waals surface area contributed by atoms with Gasteiger partial charge in [-0.3, -0.25) is 4.79 Å². The Kier molecular flexibility index (Phi) is 4.39. The lowest BCUT2D eigenvalue weighted by molar-refractivity contribution is -0.136. The summed E-state index contributed by atoms with van der Waals surface area (Å²) in [5, 5.41) is 0. The van der Waals surface area contributed by atoms with E-state index >= 15 is 0 Å². The number of methoxy groups -OCH3 is 1. The van der Waals surface area contributed by atoms with Crippen LogP contribution in [-0.2, 0) is 9.53 Å². The van der Waals surface area contributed by atoms with Gasteiger partial charge in [-0.25, -0.2) is 0 Å². The molecule has 2 unspecified atom stereocenters. The number of carbonyl (C=O) groups excluding carboxylic acids is 1. The van der Waals surface area contributed by atoms with Crippen molar-refractivity contribution in [3.8, 4) is 0 Å². The Morgan fingerprint density at radius 3 is 2.86 bits per heavy atom. The molecule has 0 aromatic carbocycles. The summed E-state index contributed by atoms with van der Waals surface area (Å²) < 4.78 is 5.37. The maximum Gasteiger partial charge on any atom is 0.222 e. The van der Waals surface area contributed by atoms with Crippen molar-refractivity contribution >= 4 is 5.91 Å². The molecule has 1 saturated heterocycles. The Morgan fingerprint density at radius 1 is 1.57 bits per heavy atom. The molecule has 1 amide bonds. The zero-order valence-electron chi connectivity index (χ0n) is 9.45. The molecule has 0 aromatic heterocycles. The van der Waals surface area contributed by atoms with Crippen molar-refractivity contribution in [3.63, 3.8) is 0 Å². The third-order valence-corrected chi connectivity index (χ3v) is 3.01. The largest absolute Gasteiger partial charge is 0.379 e. The van der Waals surface area contributed by atoms with Gasteiger partial charge in [0.2, 0.25) is 5.91 Å². The first-order valence-corrected chi connectivity index (χ1v) is 5.49. The van der Waals surface area contributed by atoms with Crippen LogP contribution < -0.4 is 0 Å². The van der Waals surface area contributed by atoms with E-state index < -0.39 is 0 Å². The average Bonchev–Trinajstić information content (AvgIpc) is 2.19. The van der Waals surface area contributed by atoms with Gasteiger partial charge in [0.15, 0.2) is 0 Å². The predicted molar refractivity (Wildman–Crippen MR) is 56.1 cm³/mol. The number of ether oxygens (including phenoxy) is 1. The summed E-state index contributed by atoms with van der Waals surface area (Å²) in [4.78, 5) is 13.6. The molecule has 1 aliphatic heterocycles. The molecule has 2 atom stereocenters. The maximum absolute atomic E-state index is 11.6. The van der Waals surface area contributed by atoms with Gasteiger partial charge < -0.3 is 9.64 Å². The SMILES string of the molecule is CCCC(=O)N1CCC(C)C(OC)C1. The molecule has 3 nitrogen and oxygen atoms in total. The third-order valence-electron chi connectivity index (χ3n) is 3.01. The van der Waals surface area contributed by atoms with Gasteiger partial charge in [-0.15, -0.1) is 0 Å². The van der Waals surface area contributed by atoms with E-state index in [1.165, 1.54) is 0 Å². The fourth-order valence-corrected chi connectivity index (χ4v) is 1.94. The molecule has 1 fully saturated rings. The van der Waals surface area contributed by atoms with Crippen LogP contribution >= 0.6 is 0 Å². The van der Waals surface area contributed by atoms with Gasteiger partial charge in [-0.1, -0.05) is 13.8 Å². The van der Waals surface area contributed by atoms with E-state index in [0.717, 1.165) is 25.9 Å². The summed E-state index contributed by atoms with van der Waals surface area (Å²) in [6.45, 7) is 5.91. The van der Waals surface area contributed by atoms with Gasteiger partial charge in [-0.2, -0.15) is 0 Å². The van der Waals surface area contributed by atoms with Crippen LogP contribution in [0.3, 0.4) is 0 Å². The maximum atomic E-state index is 11.6. The number of carbonyl (C=O) groups is 1. The van der Waals surface area contributed by atoms with Gasteiger partial charge in [-0.05, 0) is 18.8 Å². The fraction of sp³-hybridized carbons (Fsp3) is 0.909. The molecule has 1 rings (SSSR count). The van der Waals surface area contributed by atoms with Crippen molar-refractivity contribution in [1.82, 2.24) is 4.90 Å². The van der Waals surface area contributed by atoms with Crippen LogP contribution in [0.25, 0.3) is 0 Å². The number of hydrogen-bond acceptors (Lipinski definition) is 2. The zero-order valence-corrected chi connectivity index (χ0v) is 9.45. The second-order valence-electron chi connectivity index (χ2n) is 4.13. The lowest BCUT2D eigenvalue weighted by Crippen LogP contribution is -2.46. The van der Waals surface area contributed by atoms with Gasteiger partial charge in [0, 0.05) is 26.6 Å². The van der Waals surface area contributed by atoms with E-state index in [1.54, 1.807) is 7.11 Å². The third kappa shape index (κ3) is 2.71. The molecule has 0 saturated carbocycles. The van der Waals surface area contributed by atoms with Crippen LogP contribution in [0.1, 0.15) is 33.1 Å². The van der Waals surface area contributed by atoms with E-state index in [-0.39, 0.29) is 12.0 Å². The second-order valence-corrected chi connectivity index (χ2v) is 4.13. The molecule has 0 N–H and O–H groups in total. The monoisotopic (exact) mass is 199 g/mol. The second kappa shape index (κ2) is 5.35. The van der Waals surface area contributed by atoms with Crippen LogP contribution in [0.15, 0.2) is 0 Å². The summed E-state index contributed by atoms with van der Waals surface area (Å²) >= 11 is 0. The van der Waals surface area contributed by atoms with E-state index in [2.05, 4.69) is 6.92 Å². The van der Waals surface area contributed by atoms with Crippen LogP contribution in [0, 0.1) is 5.92 Å². The van der Waals surface area contributed by atoms with Crippen molar-refractivity contribution in [2.24, 2.45) is 5.92 Å². The summed E-state index contributed by atoms with van der Waals surface area (Å²) in [6, 6.07) is 0. The molecule has 0 aliphatic carbocycles. The normalized spacial score (nSPS) is 27.8. The van der Waals surface area contributed by atoms with Crippen molar-refractivity contribution in [2.75, 3.05) is 20.2 Å². The summed E-state index contributed by atoms with van der Waals surface area (Å²) in [6.07, 6.45) is 2.89. The molecule has 0 spiro atoms. The lowest BCUT2D eigenvalue weighted by Gasteiger charge is -2.36. The highest BCUT2D eigenvalue weighted by molar-refractivity contribution is 5.76. The van der Waals surface area contributed by atoms with E-state index in [4.69, 9.17) is 4.74 Å². The molecule has 1 aliphatic rings. The number of nitrogens with zero attached hydrogens (tertiary/aromatic N) is 1. The van der Waals surface area contributed by atoms with Crippen LogP contribution in [-0.4, -0.2) is 37.1 Å². The van der Waals surface area contributed by atoms with Gasteiger partial charge >= 0.3 is 0 Å². The van der Waals surface area contributed by atoms with Crippen molar-refractivity contribution in [3.05, 3.63) is 0 Å². The Labute approximate surface area is 86.4 Å². The number of rotatable bonds is 3. The van der Waals surface area contributed by atoms with Crippen LogP contribution in [0.4, 0.5) is 0 Å². The van der Waals surface area contributed by atoms with Crippen molar-refractivity contribution in [1.29, 1.82) is 0 Å². The van der Waals surface area contributed by atoms with E-state index in [9.17, 15) is 4.79 Å². The summed E-state index contributed by atoms with van der Waals surface area (Å²) in [5.74, 6) is 0.854. The molecule has 1 heterocycles. The molecule has 82 valence electrons. The molecular formula is C11H21NO2. The molecule has 14 heavy (non-hydrogen) atoms. The minimum Gasteiger partial charge on any atom is -0.379 e. The minimum atomic E-state index is 0.226. The highest BCUT2D eigenvalue weighted by Gasteiger charge is 2.27. The fourth-order valence-electron chi connectivity index (χ4n) is 1.94. The van der Waals surface area contributed by atoms with Crippen LogP contribution in [0.2, 0.25) is 0 Å². The topological polar surface area (TPSA) is 29.5 Å². The van der Waals surface area contributed by atoms with Gasteiger partial charge in [0.05, 0.1) is 6.10 Å². The number of hydrogen-bond donors (Lipinski definition) is 0. The number of piperidine rings is 1. The number of amides is 1. The smallest absolute Gasteiger partial charge is 0.222 e. The molecular weight excluding hydrogens is 178 g/mol. The standard InChI is InChI=1S/C11H21NO2/c1-4-5-11(13)12-7-6-9(2)10(8-12)14-3/h9-10H,4-8H2,1-3H3. The van der Waals surface area contributed by atoms with Crippen LogP contribution in [0.5, 0.6) is 0 Å². The zero-order chi connectivity index (χ0) is 10.6. The lowest BCUT2D eigenvalue weighted by atomic mass is 9.95. The molecule has 0 aromatic rings. The summed E-state index contributed by atoms with van der Waals surface area (Å²) in [7, 11) is 1.73. The number of likely N-dealkylation sites (tertiary alicyclic amines) is 1. The first-order valence-electron chi connectivity index (χ1n) is 5.49. The van der Waals surface area contributed by atoms with E-state index in [0.29, 0.717) is 12.3 Å². The highest BCUT2D eigenvalue weighted by atomic mass is 16.5. The molecule has 3 heteroatoms. The quantitative estimate of drug-likeness (QED) is 0.692. The van der Waals surface area contributed by atoms with Gasteiger partial charge in [0.25, 0.3) is 0 Å². The highest BCUT2D eigenvalue weighted by Crippen LogP contribution is 2.19. The Hall–Kier alpha value is -0.570. The van der Waals surface area contributed by atoms with Crippen molar-refractivity contribution < 1.29 is 9.53 Å². The predicted octanol–water partition coefficient (Wildman–Crippen LogP) is 1.67. The average molecular weight is 199 g/mol.